The summed E-state index contributed by atoms with van der Waals surface area (Å²) in [5, 5.41) is 4.92. The fraction of sp³-hybridized carbons (Fsp3) is 0.375. The lowest BCUT2D eigenvalue weighted by molar-refractivity contribution is -0.148. The number of carbonyl (C=O) groups is 4. The van der Waals surface area contributed by atoms with Gasteiger partial charge in [0.2, 0.25) is 5.91 Å². The molecular weight excluding hydrogens is 394 g/mol. The maximum Gasteiger partial charge on any atom is 0.308 e. The van der Waals surface area contributed by atoms with Crippen LogP contribution in [0.4, 0.5) is 0 Å². The first-order chi connectivity index (χ1) is 11.8. The van der Waals surface area contributed by atoms with Gasteiger partial charge in [0.15, 0.2) is 6.61 Å². The Bertz CT molecular complexity index is 631. The number of hydrogen-bond donors (Lipinski definition) is 2. The molecule has 0 saturated heterocycles. The molecule has 25 heavy (non-hydrogen) atoms. The largest absolute Gasteiger partial charge is 0.456 e. The van der Waals surface area contributed by atoms with Gasteiger partial charge in [0.05, 0.1) is 13.0 Å². The quantitative estimate of drug-likeness (QED) is 0.597. The summed E-state index contributed by atoms with van der Waals surface area (Å²) in [4.78, 5) is 47.4. The summed E-state index contributed by atoms with van der Waals surface area (Å²) in [6, 6.07) is 6.78. The molecule has 1 rings (SSSR count). The van der Waals surface area contributed by atoms with Crippen molar-refractivity contribution in [2.75, 3.05) is 33.8 Å². The maximum absolute atomic E-state index is 11.8. The third-order valence-electron chi connectivity index (χ3n) is 3.02. The Balaban J connectivity index is 2.20. The number of benzene rings is 1. The standard InChI is InChI=1S/C16H20BrN3O5/c1-20(2)14(22)9-19-13(21)10-25-15(23)7-8-18-16(24)11-3-5-12(17)6-4-11/h3-6H,7-10H2,1-2H3,(H,18,24)(H,19,21). The van der Waals surface area contributed by atoms with E-state index in [1.165, 1.54) is 4.90 Å². The van der Waals surface area contributed by atoms with E-state index < -0.39 is 18.5 Å². The second-order valence-corrected chi connectivity index (χ2v) is 6.15. The first kappa shape index (κ1) is 20.6. The molecule has 0 aromatic heterocycles. The van der Waals surface area contributed by atoms with Crippen LogP contribution in [0.25, 0.3) is 0 Å². The molecular formula is C16H20BrN3O5. The lowest BCUT2D eigenvalue weighted by Gasteiger charge is -2.11. The second kappa shape index (κ2) is 10.4. The third-order valence-corrected chi connectivity index (χ3v) is 3.55. The fourth-order valence-electron chi connectivity index (χ4n) is 1.58. The van der Waals surface area contributed by atoms with Gasteiger partial charge in [0.25, 0.3) is 11.8 Å². The number of nitrogens with one attached hydrogen (secondary N) is 2. The van der Waals surface area contributed by atoms with E-state index in [2.05, 4.69) is 26.6 Å². The number of amides is 3. The Kier molecular flexibility index (Phi) is 8.62. The minimum atomic E-state index is -0.620. The molecule has 0 aliphatic heterocycles. The zero-order valence-corrected chi connectivity index (χ0v) is 15.6. The van der Waals surface area contributed by atoms with E-state index in [4.69, 9.17) is 4.74 Å². The van der Waals surface area contributed by atoms with Crippen molar-refractivity contribution in [3.63, 3.8) is 0 Å². The highest BCUT2D eigenvalue weighted by molar-refractivity contribution is 9.10. The molecule has 0 radical (unpaired) electrons. The Morgan fingerprint density at radius 2 is 1.72 bits per heavy atom. The number of carbonyl (C=O) groups excluding carboxylic acids is 4. The molecule has 0 aliphatic rings. The van der Waals surface area contributed by atoms with Crippen LogP contribution in [0.3, 0.4) is 0 Å². The molecule has 0 spiro atoms. The van der Waals surface area contributed by atoms with E-state index in [0.29, 0.717) is 5.56 Å². The average molecular weight is 414 g/mol. The Morgan fingerprint density at radius 3 is 2.32 bits per heavy atom. The Labute approximate surface area is 154 Å². The number of likely N-dealkylation sites (N-methyl/N-ethyl adjacent to an activating group) is 1. The van der Waals surface area contributed by atoms with Crippen LogP contribution in [0.1, 0.15) is 16.8 Å². The van der Waals surface area contributed by atoms with E-state index in [1.54, 1.807) is 38.4 Å². The molecule has 0 aliphatic carbocycles. The second-order valence-electron chi connectivity index (χ2n) is 5.24. The highest BCUT2D eigenvalue weighted by Gasteiger charge is 2.11. The number of hydrogen-bond acceptors (Lipinski definition) is 5. The lowest BCUT2D eigenvalue weighted by atomic mass is 10.2. The van der Waals surface area contributed by atoms with Gasteiger partial charge >= 0.3 is 5.97 Å². The zero-order valence-electron chi connectivity index (χ0n) is 14.0. The molecule has 8 nitrogen and oxygen atoms in total. The minimum Gasteiger partial charge on any atom is -0.456 e. The van der Waals surface area contributed by atoms with Gasteiger partial charge < -0.3 is 20.3 Å². The molecule has 3 amide bonds. The van der Waals surface area contributed by atoms with Crippen molar-refractivity contribution in [2.45, 2.75) is 6.42 Å². The molecule has 136 valence electrons. The molecule has 9 heteroatoms. The molecule has 0 unspecified atom stereocenters. The average Bonchev–Trinajstić information content (AvgIpc) is 2.58. The number of nitrogens with zero attached hydrogens (tertiary/aromatic N) is 1. The van der Waals surface area contributed by atoms with E-state index in [9.17, 15) is 19.2 Å². The monoisotopic (exact) mass is 413 g/mol. The van der Waals surface area contributed by atoms with Crippen LogP contribution in [0.5, 0.6) is 0 Å². The molecule has 0 saturated carbocycles. The van der Waals surface area contributed by atoms with Gasteiger partial charge in [-0.15, -0.1) is 0 Å². The van der Waals surface area contributed by atoms with Crippen LogP contribution in [0, 0.1) is 0 Å². The van der Waals surface area contributed by atoms with E-state index in [-0.39, 0.29) is 31.3 Å². The molecule has 0 atom stereocenters. The lowest BCUT2D eigenvalue weighted by Crippen LogP contribution is -2.38. The van der Waals surface area contributed by atoms with Crippen molar-refractivity contribution < 1.29 is 23.9 Å². The maximum atomic E-state index is 11.8. The summed E-state index contributed by atoms with van der Waals surface area (Å²) in [5.74, 6) is -1.76. The van der Waals surface area contributed by atoms with Crippen LogP contribution < -0.4 is 10.6 Å². The predicted octanol–water partition coefficient (Wildman–Crippen LogP) is 0.317. The summed E-state index contributed by atoms with van der Waals surface area (Å²) < 4.78 is 5.63. The molecule has 0 bridgehead atoms. The molecule has 0 fully saturated rings. The first-order valence-electron chi connectivity index (χ1n) is 7.46. The van der Waals surface area contributed by atoms with E-state index in [0.717, 1.165) is 4.47 Å². The van der Waals surface area contributed by atoms with Crippen LogP contribution in [-0.4, -0.2) is 62.4 Å². The normalized spacial score (nSPS) is 9.88. The van der Waals surface area contributed by atoms with Gasteiger partial charge in [-0.25, -0.2) is 0 Å². The first-order valence-corrected chi connectivity index (χ1v) is 8.25. The van der Waals surface area contributed by atoms with Gasteiger partial charge in [-0.3, -0.25) is 19.2 Å². The molecule has 1 aromatic carbocycles. The van der Waals surface area contributed by atoms with Gasteiger partial charge in [-0.1, -0.05) is 15.9 Å². The highest BCUT2D eigenvalue weighted by atomic mass is 79.9. The van der Waals surface area contributed by atoms with Crippen molar-refractivity contribution >= 4 is 39.6 Å². The summed E-state index contributed by atoms with van der Waals surface area (Å²) >= 11 is 3.27. The zero-order chi connectivity index (χ0) is 18.8. The molecule has 0 heterocycles. The summed E-state index contributed by atoms with van der Waals surface area (Å²) in [7, 11) is 3.13. The number of rotatable bonds is 8. The molecule has 1 aromatic rings. The Morgan fingerprint density at radius 1 is 1.08 bits per heavy atom. The summed E-state index contributed by atoms with van der Waals surface area (Å²) in [6.45, 7) is -0.540. The third kappa shape index (κ3) is 8.30. The van der Waals surface area contributed by atoms with Crippen molar-refractivity contribution in [2.24, 2.45) is 0 Å². The smallest absolute Gasteiger partial charge is 0.308 e. The van der Waals surface area contributed by atoms with Crippen LogP contribution in [-0.2, 0) is 19.1 Å². The number of ether oxygens (including phenoxy) is 1. The van der Waals surface area contributed by atoms with Crippen molar-refractivity contribution in [3.8, 4) is 0 Å². The predicted molar refractivity (Wildman–Crippen MR) is 93.8 cm³/mol. The number of halogens is 1. The SMILES string of the molecule is CN(C)C(=O)CNC(=O)COC(=O)CCNC(=O)c1ccc(Br)cc1. The Hall–Kier alpha value is -2.42. The summed E-state index contributed by atoms with van der Waals surface area (Å²) in [6.07, 6.45) is -0.0633. The molecule has 2 N–H and O–H groups in total. The van der Waals surface area contributed by atoms with Crippen LogP contribution in [0.2, 0.25) is 0 Å². The van der Waals surface area contributed by atoms with Crippen LogP contribution >= 0.6 is 15.9 Å². The minimum absolute atomic E-state index is 0.0633. The van der Waals surface area contributed by atoms with Gasteiger partial charge in [0.1, 0.15) is 0 Å². The number of esters is 1. The highest BCUT2D eigenvalue weighted by Crippen LogP contribution is 2.10. The van der Waals surface area contributed by atoms with Gasteiger partial charge in [0, 0.05) is 30.7 Å². The van der Waals surface area contributed by atoms with Crippen molar-refractivity contribution in [1.82, 2.24) is 15.5 Å². The van der Waals surface area contributed by atoms with Crippen LogP contribution in [0.15, 0.2) is 28.7 Å². The topological polar surface area (TPSA) is 105 Å². The van der Waals surface area contributed by atoms with Crippen molar-refractivity contribution in [3.05, 3.63) is 34.3 Å². The van der Waals surface area contributed by atoms with Gasteiger partial charge in [-0.05, 0) is 24.3 Å². The van der Waals surface area contributed by atoms with E-state index >= 15 is 0 Å². The fourth-order valence-corrected chi connectivity index (χ4v) is 1.85. The summed E-state index contributed by atoms with van der Waals surface area (Å²) in [5.41, 5.74) is 0.474. The van der Waals surface area contributed by atoms with Gasteiger partial charge in [-0.2, -0.15) is 0 Å². The van der Waals surface area contributed by atoms with Crippen molar-refractivity contribution in [1.29, 1.82) is 0 Å². The van der Waals surface area contributed by atoms with E-state index in [1.807, 2.05) is 0 Å².